The molecular formula is C10H10F3NO2S. The summed E-state index contributed by atoms with van der Waals surface area (Å²) in [5.41, 5.74) is -1.09. The Morgan fingerprint density at radius 1 is 1.18 bits per heavy atom. The van der Waals surface area contributed by atoms with Gasteiger partial charge in [0.15, 0.2) is 9.84 Å². The van der Waals surface area contributed by atoms with Gasteiger partial charge in [-0.1, -0.05) is 12.1 Å². The first-order chi connectivity index (χ1) is 7.83. The van der Waals surface area contributed by atoms with Crippen LogP contribution in [0.3, 0.4) is 0 Å². The second-order valence-electron chi connectivity index (χ2n) is 3.82. The zero-order valence-electron chi connectivity index (χ0n) is 8.66. The lowest BCUT2D eigenvalue weighted by atomic mass is 10.2. The van der Waals surface area contributed by atoms with Crippen molar-refractivity contribution in [2.45, 2.75) is 16.3 Å². The van der Waals surface area contributed by atoms with E-state index in [-0.39, 0.29) is 13.1 Å². The summed E-state index contributed by atoms with van der Waals surface area (Å²) >= 11 is 0. The van der Waals surface area contributed by atoms with Crippen LogP contribution in [0.4, 0.5) is 13.2 Å². The number of halogens is 3. The third-order valence-corrected chi connectivity index (χ3v) is 4.86. The highest BCUT2D eigenvalue weighted by atomic mass is 32.2. The Morgan fingerprint density at radius 2 is 1.76 bits per heavy atom. The SMILES string of the molecule is O=S(=O)(c1ccccc1C(F)(F)F)C1CNC1. The van der Waals surface area contributed by atoms with Crippen LogP contribution in [0.2, 0.25) is 0 Å². The van der Waals surface area contributed by atoms with Crippen molar-refractivity contribution in [2.24, 2.45) is 0 Å². The van der Waals surface area contributed by atoms with E-state index >= 15 is 0 Å². The van der Waals surface area contributed by atoms with Gasteiger partial charge in [0, 0.05) is 13.1 Å². The Balaban J connectivity index is 2.52. The van der Waals surface area contributed by atoms with Gasteiger partial charge in [-0.2, -0.15) is 13.2 Å². The van der Waals surface area contributed by atoms with Gasteiger partial charge in [0.1, 0.15) is 0 Å². The molecule has 94 valence electrons. The van der Waals surface area contributed by atoms with E-state index in [1.54, 1.807) is 0 Å². The second-order valence-corrected chi connectivity index (χ2v) is 6.02. The molecule has 1 saturated heterocycles. The van der Waals surface area contributed by atoms with E-state index in [2.05, 4.69) is 5.32 Å². The van der Waals surface area contributed by atoms with E-state index in [9.17, 15) is 21.6 Å². The van der Waals surface area contributed by atoms with Crippen molar-refractivity contribution >= 4 is 9.84 Å². The molecule has 0 aliphatic carbocycles. The summed E-state index contributed by atoms with van der Waals surface area (Å²) in [5, 5.41) is 1.98. The monoisotopic (exact) mass is 265 g/mol. The van der Waals surface area contributed by atoms with Gasteiger partial charge in [0.2, 0.25) is 0 Å². The molecule has 0 amide bonds. The Morgan fingerprint density at radius 3 is 2.24 bits per heavy atom. The molecule has 1 N–H and O–H groups in total. The molecule has 1 aliphatic rings. The van der Waals surface area contributed by atoms with Crippen LogP contribution >= 0.6 is 0 Å². The molecule has 3 nitrogen and oxygen atoms in total. The van der Waals surface area contributed by atoms with Crippen molar-refractivity contribution in [3.05, 3.63) is 29.8 Å². The smallest absolute Gasteiger partial charge is 0.314 e. The number of rotatable bonds is 2. The number of benzene rings is 1. The van der Waals surface area contributed by atoms with Crippen LogP contribution in [0.5, 0.6) is 0 Å². The van der Waals surface area contributed by atoms with Crippen molar-refractivity contribution in [1.82, 2.24) is 5.32 Å². The maximum atomic E-state index is 12.7. The summed E-state index contributed by atoms with van der Waals surface area (Å²) in [5.74, 6) is 0. The number of alkyl halides is 3. The summed E-state index contributed by atoms with van der Waals surface area (Å²) in [6, 6.07) is 4.28. The maximum Gasteiger partial charge on any atom is 0.417 e. The van der Waals surface area contributed by atoms with Crippen molar-refractivity contribution in [3.8, 4) is 0 Å². The molecule has 1 aliphatic heterocycles. The van der Waals surface area contributed by atoms with E-state index < -0.39 is 31.7 Å². The molecular weight excluding hydrogens is 255 g/mol. The summed E-state index contributed by atoms with van der Waals surface area (Å²) in [6.07, 6.45) is -4.65. The van der Waals surface area contributed by atoms with E-state index in [0.29, 0.717) is 0 Å². The summed E-state index contributed by atoms with van der Waals surface area (Å²) < 4.78 is 61.9. The average molecular weight is 265 g/mol. The zero-order chi connectivity index (χ0) is 12.7. The van der Waals surface area contributed by atoms with Crippen LogP contribution < -0.4 is 5.32 Å². The molecule has 1 aromatic rings. The third kappa shape index (κ3) is 2.16. The molecule has 7 heteroatoms. The quantitative estimate of drug-likeness (QED) is 0.880. The van der Waals surface area contributed by atoms with Crippen LogP contribution in [-0.2, 0) is 16.0 Å². The number of hydrogen-bond acceptors (Lipinski definition) is 3. The van der Waals surface area contributed by atoms with Gasteiger partial charge in [-0.05, 0) is 12.1 Å². The molecule has 0 saturated carbocycles. The van der Waals surface area contributed by atoms with E-state index in [1.807, 2.05) is 0 Å². The molecule has 1 fully saturated rings. The molecule has 2 rings (SSSR count). The molecule has 1 heterocycles. The third-order valence-electron chi connectivity index (χ3n) is 2.68. The predicted molar refractivity (Wildman–Crippen MR) is 55.3 cm³/mol. The molecule has 17 heavy (non-hydrogen) atoms. The second kappa shape index (κ2) is 3.99. The van der Waals surface area contributed by atoms with Gasteiger partial charge in [0.05, 0.1) is 15.7 Å². The Bertz CT molecular complexity index is 521. The van der Waals surface area contributed by atoms with Crippen molar-refractivity contribution in [1.29, 1.82) is 0 Å². The highest BCUT2D eigenvalue weighted by Crippen LogP contribution is 2.35. The fourth-order valence-corrected chi connectivity index (χ4v) is 3.40. The molecule has 0 unspecified atom stereocenters. The van der Waals surface area contributed by atoms with Crippen LogP contribution in [-0.4, -0.2) is 26.8 Å². The number of sulfone groups is 1. The van der Waals surface area contributed by atoms with Gasteiger partial charge in [-0.25, -0.2) is 8.42 Å². The van der Waals surface area contributed by atoms with Gasteiger partial charge in [-0.15, -0.1) is 0 Å². The fourth-order valence-electron chi connectivity index (χ4n) is 1.61. The van der Waals surface area contributed by atoms with Gasteiger partial charge in [0.25, 0.3) is 0 Å². The summed E-state index contributed by atoms with van der Waals surface area (Å²) in [7, 11) is -3.90. The first-order valence-corrected chi connectivity index (χ1v) is 6.49. The van der Waals surface area contributed by atoms with Crippen molar-refractivity contribution < 1.29 is 21.6 Å². The Kier molecular flexibility index (Phi) is 2.90. The molecule has 1 aromatic carbocycles. The zero-order valence-corrected chi connectivity index (χ0v) is 9.48. The van der Waals surface area contributed by atoms with Crippen LogP contribution in [0.15, 0.2) is 29.2 Å². The van der Waals surface area contributed by atoms with Crippen molar-refractivity contribution in [2.75, 3.05) is 13.1 Å². The fraction of sp³-hybridized carbons (Fsp3) is 0.400. The minimum absolute atomic E-state index is 0.203. The maximum absolute atomic E-state index is 12.7. The van der Waals surface area contributed by atoms with Crippen molar-refractivity contribution in [3.63, 3.8) is 0 Å². The summed E-state index contributed by atoms with van der Waals surface area (Å²) in [6.45, 7) is 0.406. The Labute approximate surface area is 96.6 Å². The average Bonchev–Trinajstić information content (AvgIpc) is 2.13. The Hall–Kier alpha value is -1.08. The first kappa shape index (κ1) is 12.4. The minimum Gasteiger partial charge on any atom is -0.314 e. The minimum atomic E-state index is -4.65. The van der Waals surface area contributed by atoms with Crippen LogP contribution in [0, 0.1) is 0 Å². The molecule has 0 atom stereocenters. The van der Waals surface area contributed by atoms with Gasteiger partial charge in [-0.3, -0.25) is 0 Å². The highest BCUT2D eigenvalue weighted by Gasteiger charge is 2.40. The van der Waals surface area contributed by atoms with E-state index in [1.165, 1.54) is 12.1 Å². The molecule has 0 bridgehead atoms. The van der Waals surface area contributed by atoms with Gasteiger partial charge >= 0.3 is 6.18 Å². The molecule has 0 aromatic heterocycles. The lowest BCUT2D eigenvalue weighted by Crippen LogP contribution is -2.51. The van der Waals surface area contributed by atoms with Crippen LogP contribution in [0.1, 0.15) is 5.56 Å². The van der Waals surface area contributed by atoms with E-state index in [4.69, 9.17) is 0 Å². The van der Waals surface area contributed by atoms with Crippen LogP contribution in [0.25, 0.3) is 0 Å². The number of hydrogen-bond donors (Lipinski definition) is 1. The number of nitrogens with one attached hydrogen (secondary N) is 1. The van der Waals surface area contributed by atoms with E-state index in [0.717, 1.165) is 12.1 Å². The largest absolute Gasteiger partial charge is 0.417 e. The topological polar surface area (TPSA) is 46.2 Å². The first-order valence-electron chi connectivity index (χ1n) is 4.94. The lowest BCUT2D eigenvalue weighted by Gasteiger charge is -2.27. The predicted octanol–water partition coefficient (Wildman–Crippen LogP) is 1.45. The molecule has 0 spiro atoms. The lowest BCUT2D eigenvalue weighted by molar-refractivity contribution is -0.139. The standard InChI is InChI=1S/C10H10F3NO2S/c11-10(12,13)8-3-1-2-4-9(8)17(15,16)7-5-14-6-7/h1-4,7,14H,5-6H2. The highest BCUT2D eigenvalue weighted by molar-refractivity contribution is 7.92. The van der Waals surface area contributed by atoms with Gasteiger partial charge < -0.3 is 5.32 Å². The molecule has 0 radical (unpaired) electrons. The normalized spacial score (nSPS) is 17.8. The summed E-state index contributed by atoms with van der Waals surface area (Å²) in [4.78, 5) is -0.626.